The lowest BCUT2D eigenvalue weighted by Crippen LogP contribution is -2.23. The van der Waals surface area contributed by atoms with Crippen molar-refractivity contribution in [1.29, 1.82) is 0 Å². The molecule has 5 nitrogen and oxygen atoms in total. The first-order valence-electron chi connectivity index (χ1n) is 7.47. The van der Waals surface area contributed by atoms with Crippen molar-refractivity contribution in [3.8, 4) is 5.75 Å². The first-order chi connectivity index (χ1) is 12.8. The van der Waals surface area contributed by atoms with Crippen molar-refractivity contribution in [1.82, 2.24) is 0 Å². The zero-order valence-electron chi connectivity index (χ0n) is 13.7. The van der Waals surface area contributed by atoms with E-state index in [4.69, 9.17) is 4.74 Å². The van der Waals surface area contributed by atoms with Crippen LogP contribution < -0.4 is 10.1 Å². The van der Waals surface area contributed by atoms with E-state index in [9.17, 15) is 31.5 Å². The van der Waals surface area contributed by atoms with Gasteiger partial charge in [-0.15, -0.1) is 0 Å². The summed E-state index contributed by atoms with van der Waals surface area (Å²) < 4.78 is 75.8. The highest BCUT2D eigenvalue weighted by molar-refractivity contribution is 5.95. The van der Waals surface area contributed by atoms with E-state index < -0.39 is 53.3 Å². The number of hydrogen-bond donors (Lipinski definition) is 1. The maximum Gasteiger partial charge on any atom is 0.338 e. The van der Waals surface area contributed by atoms with Gasteiger partial charge in [-0.3, -0.25) is 4.79 Å². The zero-order valence-corrected chi connectivity index (χ0v) is 13.7. The summed E-state index contributed by atoms with van der Waals surface area (Å²) in [6.07, 6.45) is 0. The molecule has 27 heavy (non-hydrogen) atoms. The van der Waals surface area contributed by atoms with Crippen LogP contribution in [0, 0.1) is 29.1 Å². The average Bonchev–Trinajstić information content (AvgIpc) is 2.67. The van der Waals surface area contributed by atoms with Crippen LogP contribution in [0.5, 0.6) is 5.75 Å². The second-order valence-electron chi connectivity index (χ2n) is 5.03. The normalized spacial score (nSPS) is 10.4. The quantitative estimate of drug-likeness (QED) is 0.355. The molecule has 0 saturated carbocycles. The van der Waals surface area contributed by atoms with E-state index in [1.54, 1.807) is 6.92 Å². The molecule has 0 unspecified atom stereocenters. The Labute approximate surface area is 149 Å². The number of carbonyl (C=O) groups excluding carboxylic acids is 2. The molecule has 0 aromatic heterocycles. The van der Waals surface area contributed by atoms with Crippen molar-refractivity contribution < 1.29 is 41.0 Å². The van der Waals surface area contributed by atoms with Crippen LogP contribution >= 0.6 is 0 Å². The molecular weight excluding hydrogens is 377 g/mol. The molecule has 0 fully saturated rings. The molecule has 2 aromatic rings. The molecule has 144 valence electrons. The lowest BCUT2D eigenvalue weighted by Gasteiger charge is -2.10. The first kappa shape index (κ1) is 20.1. The summed E-state index contributed by atoms with van der Waals surface area (Å²) in [4.78, 5) is 23.4. The van der Waals surface area contributed by atoms with Gasteiger partial charge in [0.25, 0.3) is 5.91 Å². The largest absolute Gasteiger partial charge is 0.494 e. The van der Waals surface area contributed by atoms with Crippen molar-refractivity contribution in [2.45, 2.75) is 6.92 Å². The summed E-state index contributed by atoms with van der Waals surface area (Å²) in [6.45, 7) is 1.18. The van der Waals surface area contributed by atoms with E-state index in [-0.39, 0.29) is 5.56 Å². The third-order valence-corrected chi connectivity index (χ3v) is 3.21. The van der Waals surface area contributed by atoms with Gasteiger partial charge < -0.3 is 14.8 Å². The number of ether oxygens (including phenoxy) is 2. The van der Waals surface area contributed by atoms with E-state index in [1.807, 2.05) is 0 Å². The molecule has 2 aromatic carbocycles. The van der Waals surface area contributed by atoms with Crippen LogP contribution in [0.4, 0.5) is 27.6 Å². The van der Waals surface area contributed by atoms with Crippen LogP contribution in [-0.4, -0.2) is 25.1 Å². The minimum atomic E-state index is -2.36. The molecule has 0 atom stereocenters. The number of hydrogen-bond acceptors (Lipinski definition) is 4. The van der Waals surface area contributed by atoms with Gasteiger partial charge in [0.1, 0.15) is 11.4 Å². The fourth-order valence-electron chi connectivity index (χ4n) is 1.96. The van der Waals surface area contributed by atoms with Crippen molar-refractivity contribution >= 4 is 17.6 Å². The minimum Gasteiger partial charge on any atom is -0.494 e. The molecule has 0 aliphatic rings. The van der Waals surface area contributed by atoms with Gasteiger partial charge in [0.2, 0.25) is 5.82 Å². The monoisotopic (exact) mass is 389 g/mol. The van der Waals surface area contributed by atoms with Crippen LogP contribution in [0.2, 0.25) is 0 Å². The van der Waals surface area contributed by atoms with Gasteiger partial charge in [0.15, 0.2) is 29.9 Å². The molecule has 0 spiro atoms. The summed E-state index contributed by atoms with van der Waals surface area (Å²) in [7, 11) is 0. The maximum absolute atomic E-state index is 13.5. The van der Waals surface area contributed by atoms with Gasteiger partial charge in [-0.1, -0.05) is 0 Å². The Morgan fingerprint density at radius 3 is 1.93 bits per heavy atom. The van der Waals surface area contributed by atoms with Gasteiger partial charge in [-0.25, -0.2) is 26.7 Å². The van der Waals surface area contributed by atoms with Gasteiger partial charge >= 0.3 is 5.97 Å². The zero-order chi connectivity index (χ0) is 20.1. The van der Waals surface area contributed by atoms with Crippen LogP contribution in [0.1, 0.15) is 17.3 Å². The molecule has 2 rings (SSSR count). The third-order valence-electron chi connectivity index (χ3n) is 3.21. The fourth-order valence-corrected chi connectivity index (χ4v) is 1.96. The highest BCUT2D eigenvalue weighted by atomic mass is 19.2. The number of nitrogens with one attached hydrogen (secondary N) is 1. The van der Waals surface area contributed by atoms with Crippen LogP contribution in [-0.2, 0) is 9.53 Å². The van der Waals surface area contributed by atoms with E-state index in [1.165, 1.54) is 29.6 Å². The molecule has 10 heteroatoms. The average molecular weight is 389 g/mol. The highest BCUT2D eigenvalue weighted by Crippen LogP contribution is 2.27. The lowest BCUT2D eigenvalue weighted by molar-refractivity contribution is -0.119. The maximum atomic E-state index is 13.5. The Morgan fingerprint density at radius 2 is 1.41 bits per heavy atom. The predicted octanol–water partition coefficient (Wildman–Crippen LogP) is 3.58. The molecule has 1 N–H and O–H groups in total. The van der Waals surface area contributed by atoms with Crippen LogP contribution in [0.3, 0.4) is 0 Å². The Kier molecular flexibility index (Phi) is 6.32. The van der Waals surface area contributed by atoms with Crippen molar-refractivity contribution in [2.75, 3.05) is 18.5 Å². The molecule has 1 amide bonds. The first-order valence-corrected chi connectivity index (χ1v) is 7.47. The molecule has 0 aliphatic carbocycles. The number of anilines is 1. The van der Waals surface area contributed by atoms with Gasteiger partial charge in [0, 0.05) is 0 Å². The molecule has 0 heterocycles. The predicted molar refractivity (Wildman–Crippen MR) is 82.8 cm³/mol. The third kappa shape index (κ3) is 4.52. The van der Waals surface area contributed by atoms with Crippen LogP contribution in [0.15, 0.2) is 24.3 Å². The van der Waals surface area contributed by atoms with Gasteiger partial charge in [-0.2, -0.15) is 0 Å². The Morgan fingerprint density at radius 1 is 0.889 bits per heavy atom. The molecule has 0 saturated heterocycles. The van der Waals surface area contributed by atoms with Gasteiger partial charge in [-0.05, 0) is 31.2 Å². The summed E-state index contributed by atoms with van der Waals surface area (Å²) >= 11 is 0. The number of halogens is 5. The molecule has 0 bridgehead atoms. The topological polar surface area (TPSA) is 64.6 Å². The Balaban J connectivity index is 2.01. The van der Waals surface area contributed by atoms with Crippen molar-refractivity contribution in [2.24, 2.45) is 0 Å². The summed E-state index contributed by atoms with van der Waals surface area (Å²) in [5.41, 5.74) is -1.48. The summed E-state index contributed by atoms with van der Waals surface area (Å²) in [5.74, 6) is -12.9. The van der Waals surface area contributed by atoms with E-state index in [2.05, 4.69) is 4.74 Å². The lowest BCUT2D eigenvalue weighted by atomic mass is 10.2. The second-order valence-corrected chi connectivity index (χ2v) is 5.03. The molecular formula is C17H12F5NO4. The minimum absolute atomic E-state index is 0.0579. The van der Waals surface area contributed by atoms with Crippen LogP contribution in [0.25, 0.3) is 0 Å². The number of esters is 1. The number of benzene rings is 2. The number of carbonyl (C=O) groups is 2. The van der Waals surface area contributed by atoms with E-state index >= 15 is 0 Å². The smallest absolute Gasteiger partial charge is 0.338 e. The van der Waals surface area contributed by atoms with E-state index in [0.29, 0.717) is 12.4 Å². The standard InChI is InChI=1S/C17H12F5NO4/c1-2-26-9-5-3-8(4-6-9)17(25)27-7-10(24)23-16-14(21)12(19)11(18)13(20)15(16)22/h3-6H,2,7H2,1H3,(H,23,24). The summed E-state index contributed by atoms with van der Waals surface area (Å²) in [6, 6.07) is 5.68. The number of amides is 1. The Bertz CT molecular complexity index is 842. The van der Waals surface area contributed by atoms with Gasteiger partial charge in [0.05, 0.1) is 12.2 Å². The SMILES string of the molecule is CCOc1ccc(C(=O)OCC(=O)Nc2c(F)c(F)c(F)c(F)c2F)cc1. The molecule has 0 radical (unpaired) electrons. The Hall–Kier alpha value is -3.17. The highest BCUT2D eigenvalue weighted by Gasteiger charge is 2.27. The number of rotatable bonds is 6. The summed E-state index contributed by atoms with van der Waals surface area (Å²) in [5, 5.41) is 1.49. The van der Waals surface area contributed by atoms with E-state index in [0.717, 1.165) is 0 Å². The van der Waals surface area contributed by atoms with Crippen molar-refractivity contribution in [3.63, 3.8) is 0 Å². The second kappa shape index (κ2) is 8.47. The fraction of sp³-hybridized carbons (Fsp3) is 0.176. The van der Waals surface area contributed by atoms with Crippen molar-refractivity contribution in [3.05, 3.63) is 58.9 Å². The molecule has 0 aliphatic heterocycles.